The summed E-state index contributed by atoms with van der Waals surface area (Å²) < 4.78 is 21.6. The van der Waals surface area contributed by atoms with Gasteiger partial charge in [-0.2, -0.15) is 0 Å². The Hall–Kier alpha value is -0.910. The van der Waals surface area contributed by atoms with E-state index in [0.717, 1.165) is 0 Å². The largest absolute Gasteiger partial charge is 0.466 e. The highest BCUT2D eigenvalue weighted by Crippen LogP contribution is 2.39. The van der Waals surface area contributed by atoms with E-state index in [-0.39, 0.29) is 24.1 Å². The van der Waals surface area contributed by atoms with Crippen LogP contribution in [0.4, 0.5) is 0 Å². The van der Waals surface area contributed by atoms with Gasteiger partial charge < -0.3 is 18.9 Å². The number of fused-ring (bicyclic) bond motifs is 1. The normalized spacial score (nSPS) is 33.8. The van der Waals surface area contributed by atoms with Crippen LogP contribution < -0.4 is 0 Å². The van der Waals surface area contributed by atoms with Gasteiger partial charge in [-0.3, -0.25) is 0 Å². The van der Waals surface area contributed by atoms with Gasteiger partial charge in [-0.25, -0.2) is 4.79 Å². The molecule has 1 saturated heterocycles. The topological polar surface area (TPSA) is 54.0 Å². The first-order valence-electron chi connectivity index (χ1n) is 6.10. The highest BCUT2D eigenvalue weighted by molar-refractivity contribution is 5.88. The van der Waals surface area contributed by atoms with Gasteiger partial charge in [-0.15, -0.1) is 0 Å². The van der Waals surface area contributed by atoms with Crippen molar-refractivity contribution >= 4 is 5.97 Å². The van der Waals surface area contributed by atoms with Crippen molar-refractivity contribution in [2.45, 2.75) is 38.3 Å². The molecule has 5 heteroatoms. The number of rotatable bonds is 3. The Morgan fingerprint density at radius 3 is 2.78 bits per heavy atom. The Morgan fingerprint density at radius 2 is 2.17 bits per heavy atom. The van der Waals surface area contributed by atoms with Gasteiger partial charge in [-0.1, -0.05) is 0 Å². The zero-order valence-corrected chi connectivity index (χ0v) is 11.3. The van der Waals surface area contributed by atoms with Crippen LogP contribution >= 0.6 is 0 Å². The average molecular weight is 256 g/mol. The van der Waals surface area contributed by atoms with Gasteiger partial charge in [0.25, 0.3) is 0 Å². The molecule has 0 radical (unpaired) electrons. The van der Waals surface area contributed by atoms with Crippen molar-refractivity contribution in [3.8, 4) is 0 Å². The Morgan fingerprint density at radius 1 is 1.44 bits per heavy atom. The van der Waals surface area contributed by atoms with Crippen molar-refractivity contribution in [2.24, 2.45) is 5.92 Å². The predicted molar refractivity (Wildman–Crippen MR) is 63.9 cm³/mol. The van der Waals surface area contributed by atoms with Crippen LogP contribution in [-0.2, 0) is 23.7 Å². The summed E-state index contributed by atoms with van der Waals surface area (Å²) >= 11 is 0. The molecule has 1 aliphatic carbocycles. The zero-order chi connectivity index (χ0) is 13.3. The molecule has 3 atom stereocenters. The molecule has 3 unspecified atom stereocenters. The number of ether oxygens (including phenoxy) is 4. The van der Waals surface area contributed by atoms with Crippen molar-refractivity contribution in [3.63, 3.8) is 0 Å². The Kier molecular flexibility index (Phi) is 3.75. The van der Waals surface area contributed by atoms with Crippen LogP contribution in [0.15, 0.2) is 11.6 Å². The minimum Gasteiger partial charge on any atom is -0.466 e. The number of methoxy groups -OCH3 is 2. The standard InChI is InChI=1S/C13H20O5/c1-13(2)17-10-6-8(12(14)16-4)5-9(7-15-3)11(10)18-13/h6,9-11H,5,7H2,1-4H3. The third kappa shape index (κ3) is 2.58. The highest BCUT2D eigenvalue weighted by Gasteiger charge is 2.47. The lowest BCUT2D eigenvalue weighted by Crippen LogP contribution is -2.37. The van der Waals surface area contributed by atoms with E-state index in [0.29, 0.717) is 18.6 Å². The predicted octanol–water partition coefficient (Wildman–Crippen LogP) is 1.27. The molecule has 5 nitrogen and oxygen atoms in total. The molecule has 1 aliphatic heterocycles. The maximum absolute atomic E-state index is 11.6. The summed E-state index contributed by atoms with van der Waals surface area (Å²) in [4.78, 5) is 11.6. The molecular formula is C13H20O5. The lowest BCUT2D eigenvalue weighted by molar-refractivity contribution is -0.149. The van der Waals surface area contributed by atoms with Crippen molar-refractivity contribution in [2.75, 3.05) is 20.8 Å². The van der Waals surface area contributed by atoms with Crippen LogP contribution in [0, 0.1) is 5.92 Å². The van der Waals surface area contributed by atoms with Crippen molar-refractivity contribution < 1.29 is 23.7 Å². The van der Waals surface area contributed by atoms with Crippen LogP contribution in [0.1, 0.15) is 20.3 Å². The SMILES string of the molecule is COCC1CC(C(=O)OC)=CC2OC(C)(C)OC12. The Labute approximate surface area is 107 Å². The average Bonchev–Trinajstić information content (AvgIpc) is 2.62. The molecule has 0 spiro atoms. The van der Waals surface area contributed by atoms with Gasteiger partial charge in [0.05, 0.1) is 19.8 Å². The van der Waals surface area contributed by atoms with Gasteiger partial charge in [0.1, 0.15) is 6.10 Å². The van der Waals surface area contributed by atoms with Crippen LogP contribution in [0.5, 0.6) is 0 Å². The van der Waals surface area contributed by atoms with E-state index in [1.165, 1.54) is 7.11 Å². The molecule has 18 heavy (non-hydrogen) atoms. The van der Waals surface area contributed by atoms with Gasteiger partial charge in [0, 0.05) is 18.6 Å². The lowest BCUT2D eigenvalue weighted by atomic mass is 9.85. The number of carbonyl (C=O) groups excluding carboxylic acids is 1. The molecule has 0 aromatic carbocycles. The maximum atomic E-state index is 11.6. The second-order valence-electron chi connectivity index (χ2n) is 5.17. The monoisotopic (exact) mass is 256 g/mol. The van der Waals surface area contributed by atoms with Gasteiger partial charge in [0.15, 0.2) is 5.79 Å². The van der Waals surface area contributed by atoms with Gasteiger partial charge in [0.2, 0.25) is 0 Å². The molecule has 0 bridgehead atoms. The number of carbonyl (C=O) groups is 1. The fourth-order valence-corrected chi connectivity index (χ4v) is 2.63. The lowest BCUT2D eigenvalue weighted by Gasteiger charge is -2.29. The summed E-state index contributed by atoms with van der Waals surface area (Å²) in [6.45, 7) is 4.29. The first-order valence-corrected chi connectivity index (χ1v) is 6.10. The summed E-state index contributed by atoms with van der Waals surface area (Å²) in [6.07, 6.45) is 2.15. The fraction of sp³-hybridized carbons (Fsp3) is 0.769. The van der Waals surface area contributed by atoms with E-state index in [9.17, 15) is 4.79 Å². The number of hydrogen-bond acceptors (Lipinski definition) is 5. The molecule has 0 aromatic rings. The Balaban J connectivity index is 2.21. The van der Waals surface area contributed by atoms with Gasteiger partial charge >= 0.3 is 5.97 Å². The molecule has 0 amide bonds. The molecule has 1 fully saturated rings. The molecule has 2 rings (SSSR count). The number of hydrogen-bond donors (Lipinski definition) is 0. The van der Waals surface area contributed by atoms with E-state index >= 15 is 0 Å². The third-order valence-corrected chi connectivity index (χ3v) is 3.30. The maximum Gasteiger partial charge on any atom is 0.333 e. The van der Waals surface area contributed by atoms with Crippen molar-refractivity contribution in [1.29, 1.82) is 0 Å². The summed E-state index contributed by atoms with van der Waals surface area (Å²) in [5.41, 5.74) is 0.641. The first-order chi connectivity index (χ1) is 8.46. The summed E-state index contributed by atoms with van der Waals surface area (Å²) in [7, 11) is 3.03. The quantitative estimate of drug-likeness (QED) is 0.712. The zero-order valence-electron chi connectivity index (χ0n) is 11.3. The second kappa shape index (κ2) is 4.99. The number of esters is 1. The minimum absolute atomic E-state index is 0.0617. The smallest absolute Gasteiger partial charge is 0.333 e. The highest BCUT2D eigenvalue weighted by atomic mass is 16.8. The van der Waals surface area contributed by atoms with Gasteiger partial charge in [-0.05, 0) is 26.3 Å². The third-order valence-electron chi connectivity index (χ3n) is 3.30. The Bertz CT molecular complexity index is 360. The fourth-order valence-electron chi connectivity index (χ4n) is 2.63. The molecular weight excluding hydrogens is 236 g/mol. The molecule has 2 aliphatic rings. The summed E-state index contributed by atoms with van der Waals surface area (Å²) in [5.74, 6) is -0.813. The van der Waals surface area contributed by atoms with Crippen LogP contribution in [-0.4, -0.2) is 44.8 Å². The second-order valence-corrected chi connectivity index (χ2v) is 5.17. The molecule has 1 heterocycles. The molecule has 0 saturated carbocycles. The van der Waals surface area contributed by atoms with Crippen molar-refractivity contribution in [1.82, 2.24) is 0 Å². The van der Waals surface area contributed by atoms with E-state index in [1.807, 2.05) is 19.9 Å². The minimum atomic E-state index is -0.622. The van der Waals surface area contributed by atoms with E-state index in [1.54, 1.807) is 7.11 Å². The summed E-state index contributed by atoms with van der Waals surface area (Å²) in [5, 5.41) is 0. The molecule has 0 aromatic heterocycles. The molecule has 102 valence electrons. The first kappa shape index (κ1) is 13.5. The van der Waals surface area contributed by atoms with E-state index in [4.69, 9.17) is 18.9 Å². The molecule has 0 N–H and O–H groups in total. The van der Waals surface area contributed by atoms with Crippen LogP contribution in [0.3, 0.4) is 0 Å². The van der Waals surface area contributed by atoms with E-state index < -0.39 is 5.79 Å². The van der Waals surface area contributed by atoms with Crippen LogP contribution in [0.2, 0.25) is 0 Å². The summed E-state index contributed by atoms with van der Waals surface area (Å²) in [6, 6.07) is 0. The van der Waals surface area contributed by atoms with Crippen molar-refractivity contribution in [3.05, 3.63) is 11.6 Å². The van der Waals surface area contributed by atoms with E-state index in [2.05, 4.69) is 0 Å². The van der Waals surface area contributed by atoms with Crippen LogP contribution in [0.25, 0.3) is 0 Å².